The van der Waals surface area contributed by atoms with E-state index < -0.39 is 5.91 Å². The van der Waals surface area contributed by atoms with Crippen molar-refractivity contribution in [2.24, 2.45) is 5.10 Å². The first-order valence-electron chi connectivity index (χ1n) is 7.47. The summed E-state index contributed by atoms with van der Waals surface area (Å²) in [4.78, 5) is 12.1. The van der Waals surface area contributed by atoms with Crippen LogP contribution in [0.2, 0.25) is 5.02 Å². The molecule has 1 amide bonds. The number of fused-ring (bicyclic) bond motifs is 1. The number of phenolic OH excluding ortho intramolecular Hbond substituents is 1. The molecule has 2 aromatic carbocycles. The highest BCUT2D eigenvalue weighted by Gasteiger charge is 2.16. The molecule has 0 aliphatic carbocycles. The molecule has 130 valence electrons. The van der Waals surface area contributed by atoms with Gasteiger partial charge in [0.1, 0.15) is 0 Å². The maximum Gasteiger partial charge on any atom is 0.271 e. The Kier molecular flexibility index (Phi) is 4.95. The van der Waals surface area contributed by atoms with E-state index >= 15 is 0 Å². The van der Waals surface area contributed by atoms with Crippen LogP contribution in [0.4, 0.5) is 0 Å². The van der Waals surface area contributed by atoms with Crippen molar-refractivity contribution in [3.05, 3.63) is 46.5 Å². The predicted molar refractivity (Wildman–Crippen MR) is 91.9 cm³/mol. The van der Waals surface area contributed by atoms with Gasteiger partial charge in [0, 0.05) is 22.2 Å². The second kappa shape index (κ2) is 7.31. The van der Waals surface area contributed by atoms with E-state index in [1.165, 1.54) is 18.3 Å². The minimum atomic E-state index is -0.430. The number of phenols is 1. The average molecular weight is 363 g/mol. The smallest absolute Gasteiger partial charge is 0.271 e. The van der Waals surface area contributed by atoms with Crippen molar-refractivity contribution in [3.63, 3.8) is 0 Å². The third-order valence-electron chi connectivity index (χ3n) is 3.37. The SMILES string of the molecule is CCOc1cc(Cl)cc(C=NNC(=O)c2ccc3c(c2)OCO3)c1O. The van der Waals surface area contributed by atoms with Gasteiger partial charge in [-0.05, 0) is 31.2 Å². The van der Waals surface area contributed by atoms with Crippen LogP contribution >= 0.6 is 11.6 Å². The zero-order valence-corrected chi connectivity index (χ0v) is 14.0. The van der Waals surface area contributed by atoms with Gasteiger partial charge < -0.3 is 19.3 Å². The molecular formula is C17H15ClN2O5. The fraction of sp³-hybridized carbons (Fsp3) is 0.176. The third kappa shape index (κ3) is 3.77. The Labute approximate surface area is 148 Å². The molecule has 0 saturated carbocycles. The van der Waals surface area contributed by atoms with Gasteiger partial charge in [-0.1, -0.05) is 11.6 Å². The Morgan fingerprint density at radius 3 is 2.96 bits per heavy atom. The number of carbonyl (C=O) groups excluding carboxylic acids is 1. The van der Waals surface area contributed by atoms with E-state index in [2.05, 4.69) is 10.5 Å². The summed E-state index contributed by atoms with van der Waals surface area (Å²) in [6.45, 7) is 2.31. The standard InChI is InChI=1S/C17H15ClN2O5/c1-2-23-15-7-12(18)5-11(16(15)21)8-19-20-17(22)10-3-4-13-14(6-10)25-9-24-13/h3-8,21H,2,9H2,1H3,(H,20,22). The van der Waals surface area contributed by atoms with Gasteiger partial charge in [-0.2, -0.15) is 5.10 Å². The van der Waals surface area contributed by atoms with E-state index in [-0.39, 0.29) is 18.3 Å². The van der Waals surface area contributed by atoms with Gasteiger partial charge in [-0.15, -0.1) is 0 Å². The topological polar surface area (TPSA) is 89.4 Å². The molecule has 25 heavy (non-hydrogen) atoms. The third-order valence-corrected chi connectivity index (χ3v) is 3.59. The van der Waals surface area contributed by atoms with Gasteiger partial charge >= 0.3 is 0 Å². The summed E-state index contributed by atoms with van der Waals surface area (Å²) in [5, 5.41) is 14.3. The lowest BCUT2D eigenvalue weighted by molar-refractivity contribution is 0.0954. The number of rotatable bonds is 5. The quantitative estimate of drug-likeness (QED) is 0.630. The van der Waals surface area contributed by atoms with Crippen LogP contribution in [0.1, 0.15) is 22.8 Å². The Morgan fingerprint density at radius 2 is 2.16 bits per heavy atom. The van der Waals surface area contributed by atoms with Gasteiger partial charge in [-0.3, -0.25) is 4.79 Å². The summed E-state index contributed by atoms with van der Waals surface area (Å²) in [5.74, 6) is 0.810. The van der Waals surface area contributed by atoms with Crippen LogP contribution in [0, 0.1) is 0 Å². The molecule has 0 bridgehead atoms. The lowest BCUT2D eigenvalue weighted by Gasteiger charge is -2.08. The van der Waals surface area contributed by atoms with Gasteiger partial charge in [0.25, 0.3) is 5.91 Å². The fourth-order valence-electron chi connectivity index (χ4n) is 2.22. The van der Waals surface area contributed by atoms with Crippen LogP contribution in [0.3, 0.4) is 0 Å². The molecular weight excluding hydrogens is 348 g/mol. The predicted octanol–water partition coefficient (Wildman–Crippen LogP) is 2.94. The number of halogens is 1. The van der Waals surface area contributed by atoms with Gasteiger partial charge in [0.05, 0.1) is 12.8 Å². The van der Waals surface area contributed by atoms with E-state index in [0.717, 1.165) is 0 Å². The number of amides is 1. The zero-order chi connectivity index (χ0) is 17.8. The molecule has 1 heterocycles. The number of hydrogen-bond acceptors (Lipinski definition) is 6. The Balaban J connectivity index is 1.72. The van der Waals surface area contributed by atoms with Crippen molar-refractivity contribution in [1.29, 1.82) is 0 Å². The van der Waals surface area contributed by atoms with E-state index in [9.17, 15) is 9.90 Å². The second-order valence-electron chi connectivity index (χ2n) is 5.04. The number of aromatic hydroxyl groups is 1. The normalized spacial score (nSPS) is 12.4. The van der Waals surface area contributed by atoms with Crippen LogP contribution in [-0.2, 0) is 0 Å². The van der Waals surface area contributed by atoms with Crippen molar-refractivity contribution < 1.29 is 24.1 Å². The summed E-state index contributed by atoms with van der Waals surface area (Å²) in [6.07, 6.45) is 1.29. The number of hydrogen-bond donors (Lipinski definition) is 2. The van der Waals surface area contributed by atoms with Gasteiger partial charge in [0.15, 0.2) is 23.0 Å². The molecule has 0 atom stereocenters. The maximum atomic E-state index is 12.1. The minimum absolute atomic E-state index is 0.104. The van der Waals surface area contributed by atoms with Crippen LogP contribution in [0.25, 0.3) is 0 Å². The molecule has 7 nitrogen and oxygen atoms in total. The van der Waals surface area contributed by atoms with Gasteiger partial charge in [0.2, 0.25) is 6.79 Å². The van der Waals surface area contributed by atoms with Crippen LogP contribution in [-0.4, -0.2) is 30.6 Å². The highest BCUT2D eigenvalue weighted by Crippen LogP contribution is 2.33. The number of benzene rings is 2. The number of nitrogens with one attached hydrogen (secondary N) is 1. The summed E-state index contributed by atoms with van der Waals surface area (Å²) in [7, 11) is 0. The van der Waals surface area contributed by atoms with E-state index in [1.54, 1.807) is 25.1 Å². The number of ether oxygens (including phenoxy) is 3. The van der Waals surface area contributed by atoms with Crippen molar-refractivity contribution >= 4 is 23.7 Å². The first kappa shape index (κ1) is 16.9. The van der Waals surface area contributed by atoms with Crippen molar-refractivity contribution in [2.75, 3.05) is 13.4 Å². The molecule has 8 heteroatoms. The second-order valence-corrected chi connectivity index (χ2v) is 5.48. The Morgan fingerprint density at radius 1 is 1.36 bits per heavy atom. The molecule has 0 aromatic heterocycles. The monoisotopic (exact) mass is 362 g/mol. The molecule has 3 rings (SSSR count). The summed E-state index contributed by atoms with van der Waals surface area (Å²) < 4.78 is 15.7. The molecule has 0 radical (unpaired) electrons. The number of carbonyl (C=O) groups is 1. The van der Waals surface area contributed by atoms with E-state index in [1.807, 2.05) is 0 Å². The summed E-state index contributed by atoms with van der Waals surface area (Å²) in [6, 6.07) is 7.83. The molecule has 0 saturated heterocycles. The fourth-order valence-corrected chi connectivity index (χ4v) is 2.44. The maximum absolute atomic E-state index is 12.1. The first-order valence-corrected chi connectivity index (χ1v) is 7.84. The largest absolute Gasteiger partial charge is 0.504 e. The number of nitrogens with zero attached hydrogens (tertiary/aromatic N) is 1. The van der Waals surface area contributed by atoms with E-state index in [4.69, 9.17) is 25.8 Å². The zero-order valence-electron chi connectivity index (χ0n) is 13.3. The van der Waals surface area contributed by atoms with Crippen LogP contribution in [0.15, 0.2) is 35.4 Å². The molecule has 0 spiro atoms. The lowest BCUT2D eigenvalue weighted by atomic mass is 10.2. The van der Waals surface area contributed by atoms with E-state index in [0.29, 0.717) is 34.3 Å². The summed E-state index contributed by atoms with van der Waals surface area (Å²) >= 11 is 5.98. The molecule has 0 fully saturated rings. The summed E-state index contributed by atoms with van der Waals surface area (Å²) in [5.41, 5.74) is 3.06. The lowest BCUT2D eigenvalue weighted by Crippen LogP contribution is -2.17. The molecule has 1 aliphatic heterocycles. The molecule has 0 unspecified atom stereocenters. The first-order chi connectivity index (χ1) is 12.1. The molecule has 2 aromatic rings. The number of hydrazone groups is 1. The highest BCUT2D eigenvalue weighted by atomic mass is 35.5. The minimum Gasteiger partial charge on any atom is -0.504 e. The van der Waals surface area contributed by atoms with Gasteiger partial charge in [-0.25, -0.2) is 5.43 Å². The molecule has 1 aliphatic rings. The highest BCUT2D eigenvalue weighted by molar-refractivity contribution is 6.31. The molecule has 2 N–H and O–H groups in total. The Bertz CT molecular complexity index is 838. The van der Waals surface area contributed by atoms with Crippen molar-refractivity contribution in [2.45, 2.75) is 6.92 Å². The average Bonchev–Trinajstić information content (AvgIpc) is 3.06. The van der Waals surface area contributed by atoms with Crippen LogP contribution < -0.4 is 19.6 Å². The van der Waals surface area contributed by atoms with Crippen LogP contribution in [0.5, 0.6) is 23.0 Å². The van der Waals surface area contributed by atoms with Crippen molar-refractivity contribution in [3.8, 4) is 23.0 Å². The Hall–Kier alpha value is -2.93. The van der Waals surface area contributed by atoms with Crippen molar-refractivity contribution in [1.82, 2.24) is 5.43 Å².